The second kappa shape index (κ2) is 8.34. The van der Waals surface area contributed by atoms with Crippen LogP contribution in [0, 0.1) is 0 Å². The quantitative estimate of drug-likeness (QED) is 0.545. The van der Waals surface area contributed by atoms with Crippen LogP contribution in [0.2, 0.25) is 0 Å². The van der Waals surface area contributed by atoms with Gasteiger partial charge in [0.1, 0.15) is 0 Å². The molecule has 0 aromatic rings. The van der Waals surface area contributed by atoms with Crippen LogP contribution < -0.4 is 10.6 Å². The Balaban J connectivity index is 2.18. The first-order chi connectivity index (χ1) is 8.30. The summed E-state index contributed by atoms with van der Waals surface area (Å²) in [6.45, 7) is 8.69. The lowest BCUT2D eigenvalue weighted by Gasteiger charge is -2.20. The molecule has 1 fully saturated rings. The highest BCUT2D eigenvalue weighted by molar-refractivity contribution is 5.79. The molecule has 0 bridgehead atoms. The Morgan fingerprint density at radius 1 is 1.24 bits per heavy atom. The van der Waals surface area contributed by atoms with E-state index in [1.807, 2.05) is 7.05 Å². The number of nitrogens with zero attached hydrogens (tertiary/aromatic N) is 2. The topological polar surface area (TPSA) is 39.7 Å². The molecule has 0 atom stereocenters. The van der Waals surface area contributed by atoms with Gasteiger partial charge >= 0.3 is 0 Å². The average molecular weight is 240 g/mol. The lowest BCUT2D eigenvalue weighted by Crippen LogP contribution is -2.44. The zero-order valence-electron chi connectivity index (χ0n) is 11.6. The summed E-state index contributed by atoms with van der Waals surface area (Å²) in [5, 5.41) is 6.89. The second-order valence-electron chi connectivity index (χ2n) is 4.65. The number of nitrogens with one attached hydrogen (secondary N) is 2. The zero-order chi connectivity index (χ0) is 12.5. The molecule has 0 unspecified atom stereocenters. The molecule has 0 saturated heterocycles. The van der Waals surface area contributed by atoms with Crippen molar-refractivity contribution in [2.24, 2.45) is 4.99 Å². The van der Waals surface area contributed by atoms with Crippen molar-refractivity contribution in [3.63, 3.8) is 0 Å². The molecule has 2 N–H and O–H groups in total. The summed E-state index contributed by atoms with van der Waals surface area (Å²) in [6.07, 6.45) is 5.29. The fraction of sp³-hybridized carbons (Fsp3) is 0.923. The first kappa shape index (κ1) is 14.3. The van der Waals surface area contributed by atoms with Crippen LogP contribution in [-0.2, 0) is 0 Å². The van der Waals surface area contributed by atoms with Gasteiger partial charge in [0.25, 0.3) is 0 Å². The lowest BCUT2D eigenvalue weighted by atomic mass is 10.2. The van der Waals surface area contributed by atoms with Gasteiger partial charge in [-0.2, -0.15) is 0 Å². The van der Waals surface area contributed by atoms with E-state index in [2.05, 4.69) is 34.4 Å². The summed E-state index contributed by atoms with van der Waals surface area (Å²) < 4.78 is 0. The van der Waals surface area contributed by atoms with Gasteiger partial charge in [-0.3, -0.25) is 4.99 Å². The maximum atomic E-state index is 4.28. The van der Waals surface area contributed by atoms with Crippen LogP contribution in [0.1, 0.15) is 39.5 Å². The molecule has 1 saturated carbocycles. The van der Waals surface area contributed by atoms with E-state index in [4.69, 9.17) is 0 Å². The lowest BCUT2D eigenvalue weighted by molar-refractivity contribution is 0.308. The molecule has 0 aliphatic heterocycles. The summed E-state index contributed by atoms with van der Waals surface area (Å²) in [5.74, 6) is 0.962. The fourth-order valence-electron chi connectivity index (χ4n) is 2.33. The molecule has 100 valence electrons. The highest BCUT2D eigenvalue weighted by Gasteiger charge is 2.15. The molecule has 4 nitrogen and oxygen atoms in total. The molecule has 1 rings (SSSR count). The van der Waals surface area contributed by atoms with Gasteiger partial charge in [-0.1, -0.05) is 26.7 Å². The van der Waals surface area contributed by atoms with Crippen molar-refractivity contribution >= 4 is 5.96 Å². The highest BCUT2D eigenvalue weighted by atomic mass is 15.2. The van der Waals surface area contributed by atoms with Gasteiger partial charge in [-0.05, 0) is 25.9 Å². The molecule has 0 heterocycles. The van der Waals surface area contributed by atoms with Crippen molar-refractivity contribution < 1.29 is 0 Å². The van der Waals surface area contributed by atoms with E-state index in [9.17, 15) is 0 Å². The van der Waals surface area contributed by atoms with Crippen molar-refractivity contribution in [3.8, 4) is 0 Å². The van der Waals surface area contributed by atoms with Crippen molar-refractivity contribution in [2.75, 3.05) is 33.2 Å². The number of rotatable bonds is 6. The maximum Gasteiger partial charge on any atom is 0.191 e. The standard InChI is InChI=1S/C13H28N4/c1-4-17(5-2)11-10-15-13(14-3)16-12-8-6-7-9-12/h12H,4-11H2,1-3H3,(H2,14,15,16). The molecular formula is C13H28N4. The Kier molecular flexibility index (Phi) is 7.01. The third-order valence-electron chi connectivity index (χ3n) is 3.53. The normalized spacial score (nSPS) is 17.8. The fourth-order valence-corrected chi connectivity index (χ4v) is 2.33. The van der Waals surface area contributed by atoms with E-state index < -0.39 is 0 Å². The van der Waals surface area contributed by atoms with Crippen LogP contribution in [0.3, 0.4) is 0 Å². The highest BCUT2D eigenvalue weighted by Crippen LogP contribution is 2.17. The SMILES string of the molecule is CCN(CC)CCNC(=NC)NC1CCCC1. The Morgan fingerprint density at radius 3 is 2.41 bits per heavy atom. The molecule has 0 aromatic carbocycles. The van der Waals surface area contributed by atoms with Crippen molar-refractivity contribution in [3.05, 3.63) is 0 Å². The van der Waals surface area contributed by atoms with Crippen LogP contribution in [0.4, 0.5) is 0 Å². The van der Waals surface area contributed by atoms with Gasteiger partial charge < -0.3 is 15.5 Å². The van der Waals surface area contributed by atoms with Gasteiger partial charge in [-0.15, -0.1) is 0 Å². The zero-order valence-corrected chi connectivity index (χ0v) is 11.6. The largest absolute Gasteiger partial charge is 0.355 e. The summed E-state index contributed by atoms with van der Waals surface area (Å²) in [4.78, 5) is 6.69. The van der Waals surface area contributed by atoms with Gasteiger partial charge in [0.15, 0.2) is 5.96 Å². The van der Waals surface area contributed by atoms with E-state index in [0.29, 0.717) is 6.04 Å². The third kappa shape index (κ3) is 5.39. The number of hydrogen-bond acceptors (Lipinski definition) is 2. The van der Waals surface area contributed by atoms with Gasteiger partial charge in [0, 0.05) is 26.2 Å². The molecular weight excluding hydrogens is 212 g/mol. The van der Waals surface area contributed by atoms with Gasteiger partial charge in [-0.25, -0.2) is 0 Å². The molecule has 17 heavy (non-hydrogen) atoms. The predicted molar refractivity (Wildman–Crippen MR) is 74.5 cm³/mol. The predicted octanol–water partition coefficient (Wildman–Crippen LogP) is 1.44. The number of aliphatic imine (C=N–C) groups is 1. The molecule has 0 radical (unpaired) electrons. The molecule has 0 amide bonds. The molecule has 0 spiro atoms. The molecule has 4 heteroatoms. The van der Waals surface area contributed by atoms with Gasteiger partial charge in [0.2, 0.25) is 0 Å². The summed E-state index contributed by atoms with van der Waals surface area (Å²) in [6, 6.07) is 0.634. The third-order valence-corrected chi connectivity index (χ3v) is 3.53. The van der Waals surface area contributed by atoms with E-state index in [0.717, 1.165) is 32.1 Å². The average Bonchev–Trinajstić information content (AvgIpc) is 2.86. The first-order valence-corrected chi connectivity index (χ1v) is 6.99. The Hall–Kier alpha value is -0.770. The Labute approximate surface area is 106 Å². The van der Waals surface area contributed by atoms with E-state index in [-0.39, 0.29) is 0 Å². The monoisotopic (exact) mass is 240 g/mol. The van der Waals surface area contributed by atoms with Crippen molar-refractivity contribution in [1.82, 2.24) is 15.5 Å². The minimum atomic E-state index is 0.634. The smallest absolute Gasteiger partial charge is 0.191 e. The Morgan fingerprint density at radius 2 is 1.88 bits per heavy atom. The van der Waals surface area contributed by atoms with Crippen molar-refractivity contribution in [1.29, 1.82) is 0 Å². The molecule has 0 aromatic heterocycles. The number of guanidine groups is 1. The second-order valence-corrected chi connectivity index (χ2v) is 4.65. The first-order valence-electron chi connectivity index (χ1n) is 6.99. The van der Waals surface area contributed by atoms with Gasteiger partial charge in [0.05, 0.1) is 0 Å². The molecule has 1 aliphatic rings. The van der Waals surface area contributed by atoms with Crippen molar-refractivity contribution in [2.45, 2.75) is 45.6 Å². The summed E-state index contributed by atoms with van der Waals surface area (Å²) >= 11 is 0. The van der Waals surface area contributed by atoms with Crippen LogP contribution in [0.5, 0.6) is 0 Å². The van der Waals surface area contributed by atoms with Crippen LogP contribution in [-0.4, -0.2) is 50.1 Å². The van der Waals surface area contributed by atoms with E-state index >= 15 is 0 Å². The van der Waals surface area contributed by atoms with Crippen LogP contribution in [0.25, 0.3) is 0 Å². The summed E-state index contributed by atoms with van der Waals surface area (Å²) in [7, 11) is 1.85. The summed E-state index contributed by atoms with van der Waals surface area (Å²) in [5.41, 5.74) is 0. The van der Waals surface area contributed by atoms with E-state index in [1.165, 1.54) is 25.7 Å². The number of likely N-dealkylation sites (N-methyl/N-ethyl adjacent to an activating group) is 1. The Bertz CT molecular complexity index is 217. The van der Waals surface area contributed by atoms with Crippen LogP contribution in [0.15, 0.2) is 4.99 Å². The maximum absolute atomic E-state index is 4.28. The molecule has 1 aliphatic carbocycles. The van der Waals surface area contributed by atoms with Crippen LogP contribution >= 0.6 is 0 Å². The number of hydrogen-bond donors (Lipinski definition) is 2. The van der Waals surface area contributed by atoms with E-state index in [1.54, 1.807) is 0 Å². The minimum absolute atomic E-state index is 0.634. The minimum Gasteiger partial charge on any atom is -0.355 e.